The van der Waals surface area contributed by atoms with Crippen LogP contribution in [0.1, 0.15) is 31.7 Å². The van der Waals surface area contributed by atoms with E-state index < -0.39 is 5.82 Å². The molecule has 0 aliphatic carbocycles. The topological polar surface area (TPSA) is 58.6 Å². The van der Waals surface area contributed by atoms with Gasteiger partial charge >= 0.3 is 0 Å². The first-order chi connectivity index (χ1) is 10.2. The first-order valence-corrected chi connectivity index (χ1v) is 6.94. The third-order valence-electron chi connectivity index (χ3n) is 2.61. The number of carbonyl (C=O) groups excluding carboxylic acids is 1. The molecule has 0 unspecified atom stereocenters. The number of hydrogen-bond acceptors (Lipinski definition) is 3. The summed E-state index contributed by atoms with van der Waals surface area (Å²) >= 11 is 0. The van der Waals surface area contributed by atoms with Gasteiger partial charge in [0.05, 0.1) is 12.2 Å². The smallest absolute Gasteiger partial charge is 0.224 e. The van der Waals surface area contributed by atoms with Crippen LogP contribution in [0, 0.1) is 17.7 Å². The molecule has 0 bridgehead atoms. The van der Waals surface area contributed by atoms with Gasteiger partial charge in [0, 0.05) is 31.7 Å². The molecule has 0 saturated carbocycles. The summed E-state index contributed by atoms with van der Waals surface area (Å²) in [5, 5.41) is 11.2. The van der Waals surface area contributed by atoms with Crippen molar-refractivity contribution >= 4 is 11.6 Å². The van der Waals surface area contributed by atoms with Gasteiger partial charge in [0.15, 0.2) is 0 Å². The maximum absolute atomic E-state index is 13.7. The van der Waals surface area contributed by atoms with Gasteiger partial charge < -0.3 is 15.2 Å². The molecule has 0 saturated heterocycles. The van der Waals surface area contributed by atoms with Gasteiger partial charge in [0.1, 0.15) is 5.82 Å². The maximum Gasteiger partial charge on any atom is 0.224 e. The summed E-state index contributed by atoms with van der Waals surface area (Å²) in [5.41, 5.74) is 0.652. The van der Waals surface area contributed by atoms with E-state index in [1.807, 2.05) is 6.92 Å². The minimum Gasteiger partial charge on any atom is -0.395 e. The van der Waals surface area contributed by atoms with Crippen molar-refractivity contribution in [1.29, 1.82) is 0 Å². The molecule has 0 aromatic heterocycles. The van der Waals surface area contributed by atoms with Crippen LogP contribution in [0.4, 0.5) is 10.1 Å². The van der Waals surface area contributed by atoms with Crippen molar-refractivity contribution in [1.82, 2.24) is 0 Å². The second kappa shape index (κ2) is 9.92. The number of hydrogen-bond donors (Lipinski definition) is 2. The molecular formula is C16H20FNO3. The van der Waals surface area contributed by atoms with Crippen molar-refractivity contribution in [2.24, 2.45) is 0 Å². The van der Waals surface area contributed by atoms with Gasteiger partial charge in [-0.25, -0.2) is 4.39 Å². The minimum atomic E-state index is -0.493. The molecule has 0 heterocycles. The van der Waals surface area contributed by atoms with E-state index in [0.29, 0.717) is 38.2 Å². The Morgan fingerprint density at radius 2 is 2.29 bits per heavy atom. The number of carbonyl (C=O) groups is 1. The molecule has 1 amide bonds. The molecule has 21 heavy (non-hydrogen) atoms. The van der Waals surface area contributed by atoms with Crippen LogP contribution in [0.15, 0.2) is 18.2 Å². The Bertz CT molecular complexity index is 520. The normalized spacial score (nSPS) is 9.86. The third kappa shape index (κ3) is 6.89. The zero-order valence-corrected chi connectivity index (χ0v) is 12.1. The number of ether oxygens (including phenoxy) is 1. The molecule has 5 heteroatoms. The van der Waals surface area contributed by atoms with Gasteiger partial charge in [-0.3, -0.25) is 4.79 Å². The van der Waals surface area contributed by atoms with Crippen LogP contribution >= 0.6 is 0 Å². The second-order valence-corrected chi connectivity index (χ2v) is 4.32. The summed E-state index contributed by atoms with van der Waals surface area (Å²) in [4.78, 5) is 11.6. The average molecular weight is 293 g/mol. The Hall–Kier alpha value is -1.90. The highest BCUT2D eigenvalue weighted by molar-refractivity contribution is 5.90. The minimum absolute atomic E-state index is 0.0511. The van der Waals surface area contributed by atoms with Crippen molar-refractivity contribution in [2.75, 3.05) is 25.1 Å². The van der Waals surface area contributed by atoms with Gasteiger partial charge in [0.2, 0.25) is 5.91 Å². The molecule has 0 fully saturated rings. The number of rotatable bonds is 7. The first kappa shape index (κ1) is 17.2. The quantitative estimate of drug-likeness (QED) is 0.599. The van der Waals surface area contributed by atoms with Crippen LogP contribution in [0.3, 0.4) is 0 Å². The van der Waals surface area contributed by atoms with E-state index in [4.69, 9.17) is 9.84 Å². The highest BCUT2D eigenvalue weighted by Crippen LogP contribution is 2.14. The monoisotopic (exact) mass is 293 g/mol. The molecule has 0 spiro atoms. The van der Waals surface area contributed by atoms with E-state index in [0.717, 1.165) is 0 Å². The largest absolute Gasteiger partial charge is 0.395 e. The standard InChI is InChI=1S/C16H20FNO3/c1-2-21-11-5-7-16(20)18-14-9-8-13(15(17)12-14)6-3-4-10-19/h8-9,12,19H,2,4-5,7,10-11H2,1H3,(H,18,20). The molecule has 0 atom stereocenters. The number of aliphatic hydroxyl groups excluding tert-OH is 1. The molecule has 0 radical (unpaired) electrons. The molecule has 2 N–H and O–H groups in total. The van der Waals surface area contributed by atoms with Crippen LogP contribution in [0.5, 0.6) is 0 Å². The van der Waals surface area contributed by atoms with Gasteiger partial charge in [0.25, 0.3) is 0 Å². The molecule has 1 aromatic carbocycles. The SMILES string of the molecule is CCOCCCC(=O)Nc1ccc(C#CCCO)c(F)c1. The van der Waals surface area contributed by atoms with Gasteiger partial charge in [-0.1, -0.05) is 11.8 Å². The molecule has 0 aliphatic rings. The van der Waals surface area contributed by atoms with Gasteiger partial charge in [-0.05, 0) is 31.5 Å². The van der Waals surface area contributed by atoms with E-state index in [1.54, 1.807) is 6.07 Å². The number of nitrogens with one attached hydrogen (secondary N) is 1. The average Bonchev–Trinajstić information content (AvgIpc) is 2.46. The van der Waals surface area contributed by atoms with E-state index >= 15 is 0 Å². The summed E-state index contributed by atoms with van der Waals surface area (Å²) in [6.45, 7) is 3.02. The highest BCUT2D eigenvalue weighted by atomic mass is 19.1. The Balaban J connectivity index is 2.52. The van der Waals surface area contributed by atoms with Crippen molar-refractivity contribution in [3.63, 3.8) is 0 Å². The molecule has 114 valence electrons. The Morgan fingerprint density at radius 3 is 2.95 bits per heavy atom. The lowest BCUT2D eigenvalue weighted by molar-refractivity contribution is -0.116. The molecule has 4 nitrogen and oxygen atoms in total. The van der Waals surface area contributed by atoms with Crippen LogP contribution in [-0.4, -0.2) is 30.8 Å². The first-order valence-electron chi connectivity index (χ1n) is 6.94. The van der Waals surface area contributed by atoms with Gasteiger partial charge in [-0.2, -0.15) is 0 Å². The fourth-order valence-electron chi connectivity index (χ4n) is 1.61. The van der Waals surface area contributed by atoms with Crippen molar-refractivity contribution in [2.45, 2.75) is 26.2 Å². The fraction of sp³-hybridized carbons (Fsp3) is 0.438. The lowest BCUT2D eigenvalue weighted by Crippen LogP contribution is -2.12. The second-order valence-electron chi connectivity index (χ2n) is 4.32. The van der Waals surface area contributed by atoms with Crippen LogP contribution < -0.4 is 5.32 Å². The van der Waals surface area contributed by atoms with Crippen LogP contribution in [0.25, 0.3) is 0 Å². The van der Waals surface area contributed by atoms with Crippen molar-refractivity contribution in [3.05, 3.63) is 29.6 Å². The van der Waals surface area contributed by atoms with Crippen molar-refractivity contribution < 1.29 is 19.0 Å². The number of amides is 1. The maximum atomic E-state index is 13.7. The summed E-state index contributed by atoms with van der Waals surface area (Å²) < 4.78 is 18.9. The van der Waals surface area contributed by atoms with Crippen LogP contribution in [0.2, 0.25) is 0 Å². The molecular weight excluding hydrogens is 273 g/mol. The fourth-order valence-corrected chi connectivity index (χ4v) is 1.61. The summed E-state index contributed by atoms with van der Waals surface area (Å²) in [7, 11) is 0. The lowest BCUT2D eigenvalue weighted by atomic mass is 10.2. The number of anilines is 1. The summed E-state index contributed by atoms with van der Waals surface area (Å²) in [5.74, 6) is 4.61. The van der Waals surface area contributed by atoms with E-state index in [2.05, 4.69) is 17.2 Å². The Kier molecular flexibility index (Phi) is 8.10. The van der Waals surface area contributed by atoms with Gasteiger partial charge in [-0.15, -0.1) is 0 Å². The Morgan fingerprint density at radius 1 is 1.48 bits per heavy atom. The third-order valence-corrected chi connectivity index (χ3v) is 2.61. The number of halogens is 1. The highest BCUT2D eigenvalue weighted by Gasteiger charge is 2.05. The van der Waals surface area contributed by atoms with Crippen LogP contribution in [-0.2, 0) is 9.53 Å². The van der Waals surface area contributed by atoms with E-state index in [1.165, 1.54) is 12.1 Å². The summed E-state index contributed by atoms with van der Waals surface area (Å²) in [6.07, 6.45) is 1.27. The van der Waals surface area contributed by atoms with Crippen molar-refractivity contribution in [3.8, 4) is 11.8 Å². The summed E-state index contributed by atoms with van der Waals surface area (Å²) in [6, 6.07) is 4.35. The van der Waals surface area contributed by atoms with E-state index in [9.17, 15) is 9.18 Å². The number of benzene rings is 1. The predicted octanol–water partition coefficient (Wildman–Crippen LogP) is 2.31. The Labute approximate surface area is 124 Å². The number of aliphatic hydroxyl groups is 1. The van der Waals surface area contributed by atoms with E-state index in [-0.39, 0.29) is 18.1 Å². The lowest BCUT2D eigenvalue weighted by Gasteiger charge is -2.06. The molecule has 1 rings (SSSR count). The molecule has 1 aromatic rings. The zero-order chi connectivity index (χ0) is 15.5. The zero-order valence-electron chi connectivity index (χ0n) is 12.1. The predicted molar refractivity (Wildman–Crippen MR) is 79.3 cm³/mol. The molecule has 0 aliphatic heterocycles.